The van der Waals surface area contributed by atoms with E-state index in [1.54, 1.807) is 19.2 Å². The van der Waals surface area contributed by atoms with E-state index in [4.69, 9.17) is 4.74 Å². The highest BCUT2D eigenvalue weighted by molar-refractivity contribution is 5.76. The Morgan fingerprint density at radius 2 is 2.64 bits per heavy atom. The Bertz CT molecular complexity index is 199. The van der Waals surface area contributed by atoms with E-state index in [-0.39, 0.29) is 5.97 Å². The summed E-state index contributed by atoms with van der Waals surface area (Å²) in [7, 11) is 0. The van der Waals surface area contributed by atoms with Gasteiger partial charge in [0.05, 0.1) is 6.61 Å². The summed E-state index contributed by atoms with van der Waals surface area (Å²) >= 11 is 0. The van der Waals surface area contributed by atoms with E-state index in [1.807, 2.05) is 0 Å². The molecule has 1 rings (SSSR count). The molecular formula is C7H10N2O2. The fraction of sp³-hybridized carbons (Fsp3) is 0.571. The summed E-state index contributed by atoms with van der Waals surface area (Å²) in [6.45, 7) is 2.17. The quantitative estimate of drug-likeness (QED) is 0.562. The second-order valence-electron chi connectivity index (χ2n) is 2.12. The van der Waals surface area contributed by atoms with E-state index in [9.17, 15) is 4.79 Å². The zero-order chi connectivity index (χ0) is 8.10. The van der Waals surface area contributed by atoms with Crippen LogP contribution in [0.2, 0.25) is 0 Å². The van der Waals surface area contributed by atoms with Crippen molar-refractivity contribution in [3.05, 3.63) is 12.3 Å². The highest BCUT2D eigenvalue weighted by Gasteiger charge is 2.18. The number of esters is 1. The van der Waals surface area contributed by atoms with Crippen LogP contribution in [0, 0.1) is 0 Å². The first-order chi connectivity index (χ1) is 5.34. The number of carbonyl (C=O) groups is 1. The first-order valence-corrected chi connectivity index (χ1v) is 3.56. The summed E-state index contributed by atoms with van der Waals surface area (Å²) in [6.07, 6.45) is 3.98. The van der Waals surface area contributed by atoms with E-state index in [1.165, 1.54) is 0 Å². The minimum atomic E-state index is -0.417. The molecular weight excluding hydrogens is 144 g/mol. The van der Waals surface area contributed by atoms with E-state index >= 15 is 0 Å². The minimum absolute atomic E-state index is 0.291. The zero-order valence-corrected chi connectivity index (χ0v) is 6.36. The second-order valence-corrected chi connectivity index (χ2v) is 2.12. The van der Waals surface area contributed by atoms with Crippen LogP contribution in [0.5, 0.6) is 0 Å². The van der Waals surface area contributed by atoms with Gasteiger partial charge in [-0.2, -0.15) is 10.2 Å². The topological polar surface area (TPSA) is 51.0 Å². The lowest BCUT2D eigenvalue weighted by Gasteiger charge is -2.08. The molecule has 11 heavy (non-hydrogen) atoms. The fourth-order valence-corrected chi connectivity index (χ4v) is 0.785. The molecule has 1 aliphatic rings. The molecule has 0 radical (unpaired) electrons. The maximum atomic E-state index is 11.0. The predicted octanol–water partition coefficient (Wildman–Crippen LogP) is 1.29. The second kappa shape index (κ2) is 3.85. The lowest BCUT2D eigenvalue weighted by Crippen LogP contribution is -2.21. The molecule has 0 aromatic carbocycles. The molecule has 4 nitrogen and oxygen atoms in total. The molecule has 0 unspecified atom stereocenters. The maximum Gasteiger partial charge on any atom is 0.333 e. The van der Waals surface area contributed by atoms with Gasteiger partial charge in [0.2, 0.25) is 0 Å². The molecule has 1 heterocycles. The van der Waals surface area contributed by atoms with Crippen molar-refractivity contribution < 1.29 is 9.53 Å². The SMILES string of the molecule is CCOC(=O)[C@H]1CC=CN=N1. The Morgan fingerprint density at radius 1 is 1.82 bits per heavy atom. The van der Waals surface area contributed by atoms with Gasteiger partial charge in [-0.15, -0.1) is 0 Å². The lowest BCUT2D eigenvalue weighted by atomic mass is 10.2. The summed E-state index contributed by atoms with van der Waals surface area (Å²) in [4.78, 5) is 11.0. The van der Waals surface area contributed by atoms with Crippen LogP contribution in [0.25, 0.3) is 0 Å². The number of hydrogen-bond acceptors (Lipinski definition) is 4. The van der Waals surface area contributed by atoms with Gasteiger partial charge in [0.15, 0.2) is 6.04 Å². The molecule has 0 aromatic heterocycles. The normalized spacial score (nSPS) is 21.7. The molecule has 0 bridgehead atoms. The summed E-state index contributed by atoms with van der Waals surface area (Å²) in [6, 6.07) is -0.417. The molecule has 0 N–H and O–H groups in total. The van der Waals surface area contributed by atoms with E-state index in [2.05, 4.69) is 10.2 Å². The highest BCUT2D eigenvalue weighted by Crippen LogP contribution is 2.07. The molecule has 1 atom stereocenters. The number of hydrogen-bond donors (Lipinski definition) is 0. The summed E-state index contributed by atoms with van der Waals surface area (Å²) in [5.74, 6) is -0.291. The van der Waals surface area contributed by atoms with Crippen molar-refractivity contribution in [2.75, 3.05) is 6.61 Å². The first kappa shape index (κ1) is 7.91. The Labute approximate surface area is 65.0 Å². The van der Waals surface area contributed by atoms with Crippen LogP contribution in [0.15, 0.2) is 22.5 Å². The summed E-state index contributed by atoms with van der Waals surface area (Å²) in [5, 5.41) is 7.32. The van der Waals surface area contributed by atoms with Gasteiger partial charge in [-0.3, -0.25) is 0 Å². The van der Waals surface area contributed by atoms with Gasteiger partial charge in [0, 0.05) is 12.6 Å². The molecule has 60 valence electrons. The monoisotopic (exact) mass is 154 g/mol. The third-order valence-corrected chi connectivity index (χ3v) is 1.30. The smallest absolute Gasteiger partial charge is 0.333 e. The molecule has 0 saturated carbocycles. The molecule has 0 fully saturated rings. The number of ether oxygens (including phenoxy) is 1. The number of nitrogens with zero attached hydrogens (tertiary/aromatic N) is 2. The largest absolute Gasteiger partial charge is 0.464 e. The molecule has 0 amide bonds. The number of azo groups is 1. The summed E-state index contributed by atoms with van der Waals surface area (Å²) < 4.78 is 4.75. The fourth-order valence-electron chi connectivity index (χ4n) is 0.785. The average molecular weight is 154 g/mol. The zero-order valence-electron chi connectivity index (χ0n) is 6.36. The van der Waals surface area contributed by atoms with E-state index in [0.29, 0.717) is 13.0 Å². The van der Waals surface area contributed by atoms with Crippen LogP contribution in [0.1, 0.15) is 13.3 Å². The van der Waals surface area contributed by atoms with Crippen LogP contribution >= 0.6 is 0 Å². The standard InChI is InChI=1S/C7H10N2O2/c1-2-11-7(10)6-4-3-5-8-9-6/h3,5-6H,2,4H2,1H3/t6-/m1/s1. The van der Waals surface area contributed by atoms with Gasteiger partial charge in [-0.1, -0.05) is 6.08 Å². The Kier molecular flexibility index (Phi) is 2.77. The minimum Gasteiger partial charge on any atom is -0.464 e. The van der Waals surface area contributed by atoms with Crippen LogP contribution < -0.4 is 0 Å². The molecule has 0 spiro atoms. The van der Waals surface area contributed by atoms with Crippen LogP contribution in [0.3, 0.4) is 0 Å². The molecule has 0 saturated heterocycles. The van der Waals surface area contributed by atoms with Crippen molar-refractivity contribution in [1.29, 1.82) is 0 Å². The van der Waals surface area contributed by atoms with Gasteiger partial charge in [0.25, 0.3) is 0 Å². The third-order valence-electron chi connectivity index (χ3n) is 1.30. The van der Waals surface area contributed by atoms with Crippen molar-refractivity contribution in [3.63, 3.8) is 0 Å². The van der Waals surface area contributed by atoms with Crippen molar-refractivity contribution in [3.8, 4) is 0 Å². The first-order valence-electron chi connectivity index (χ1n) is 3.56. The van der Waals surface area contributed by atoms with E-state index in [0.717, 1.165) is 0 Å². The van der Waals surface area contributed by atoms with Gasteiger partial charge in [-0.25, -0.2) is 4.79 Å². The number of carbonyl (C=O) groups excluding carboxylic acids is 1. The van der Waals surface area contributed by atoms with Crippen molar-refractivity contribution in [2.24, 2.45) is 10.2 Å². The third kappa shape index (κ3) is 2.14. The van der Waals surface area contributed by atoms with Crippen LogP contribution in [0.4, 0.5) is 0 Å². The maximum absolute atomic E-state index is 11.0. The molecule has 1 aliphatic heterocycles. The van der Waals surface area contributed by atoms with Crippen LogP contribution in [-0.2, 0) is 9.53 Å². The molecule has 4 heteroatoms. The number of rotatable bonds is 2. The Hall–Kier alpha value is -1.19. The van der Waals surface area contributed by atoms with Crippen molar-refractivity contribution in [2.45, 2.75) is 19.4 Å². The summed E-state index contributed by atoms with van der Waals surface area (Å²) in [5.41, 5.74) is 0. The van der Waals surface area contributed by atoms with E-state index < -0.39 is 6.04 Å². The highest BCUT2D eigenvalue weighted by atomic mass is 16.5. The molecule has 0 aliphatic carbocycles. The van der Waals surface area contributed by atoms with Gasteiger partial charge >= 0.3 is 5.97 Å². The molecule has 0 aromatic rings. The Balaban J connectivity index is 2.42. The predicted molar refractivity (Wildman–Crippen MR) is 39.0 cm³/mol. The Morgan fingerprint density at radius 3 is 3.18 bits per heavy atom. The van der Waals surface area contributed by atoms with Gasteiger partial charge in [-0.05, 0) is 6.92 Å². The average Bonchev–Trinajstić information content (AvgIpc) is 2.07. The lowest BCUT2D eigenvalue weighted by molar-refractivity contribution is -0.144. The van der Waals surface area contributed by atoms with Crippen molar-refractivity contribution in [1.82, 2.24) is 0 Å². The van der Waals surface area contributed by atoms with Gasteiger partial charge in [0.1, 0.15) is 0 Å². The van der Waals surface area contributed by atoms with Gasteiger partial charge < -0.3 is 4.74 Å². The van der Waals surface area contributed by atoms with Crippen molar-refractivity contribution >= 4 is 5.97 Å². The van der Waals surface area contributed by atoms with Crippen LogP contribution in [-0.4, -0.2) is 18.6 Å².